The summed E-state index contributed by atoms with van der Waals surface area (Å²) in [7, 11) is -1.77. The van der Waals surface area contributed by atoms with Crippen LogP contribution in [0.2, 0.25) is 18.1 Å². The standard InChI is InChI=1S/C15H29BrO2Si/c1-7-19(8-2,9-3)18-15(6,12-17)14(16)11-10-13(4)5/h10,12,14H,7-9,11H2,1-6H3/t14-,15+/m0/s1. The molecule has 0 spiro atoms. The molecule has 0 radical (unpaired) electrons. The van der Waals surface area contributed by atoms with Gasteiger partial charge in [0.25, 0.3) is 0 Å². The molecule has 2 nitrogen and oxygen atoms in total. The van der Waals surface area contributed by atoms with Crippen molar-refractivity contribution in [2.75, 3.05) is 0 Å². The second kappa shape index (κ2) is 8.38. The normalized spacial score (nSPS) is 16.6. The number of allylic oxidation sites excluding steroid dienone is 2. The number of carbonyl (C=O) groups is 1. The molecule has 0 N–H and O–H groups in total. The van der Waals surface area contributed by atoms with E-state index in [0.717, 1.165) is 30.8 Å². The third-order valence-electron chi connectivity index (χ3n) is 3.96. The van der Waals surface area contributed by atoms with Crippen molar-refractivity contribution in [3.05, 3.63) is 11.6 Å². The summed E-state index contributed by atoms with van der Waals surface area (Å²) < 4.78 is 6.41. The first-order chi connectivity index (χ1) is 8.79. The van der Waals surface area contributed by atoms with E-state index in [1.54, 1.807) is 0 Å². The summed E-state index contributed by atoms with van der Waals surface area (Å²) in [6.07, 6.45) is 3.95. The van der Waals surface area contributed by atoms with Gasteiger partial charge in [0.2, 0.25) is 0 Å². The largest absolute Gasteiger partial charge is 0.404 e. The smallest absolute Gasteiger partial charge is 0.193 e. The van der Waals surface area contributed by atoms with Crippen molar-refractivity contribution in [3.8, 4) is 0 Å². The van der Waals surface area contributed by atoms with Crippen LogP contribution in [0.3, 0.4) is 0 Å². The summed E-state index contributed by atoms with van der Waals surface area (Å²) >= 11 is 3.65. The Kier molecular flexibility index (Phi) is 8.40. The van der Waals surface area contributed by atoms with E-state index in [-0.39, 0.29) is 4.83 Å². The molecule has 0 heterocycles. The molecule has 0 bridgehead atoms. The highest BCUT2D eigenvalue weighted by molar-refractivity contribution is 9.09. The Morgan fingerprint density at radius 1 is 1.26 bits per heavy atom. The minimum absolute atomic E-state index is 0.0314. The van der Waals surface area contributed by atoms with Crippen molar-refractivity contribution in [2.45, 2.75) is 76.5 Å². The van der Waals surface area contributed by atoms with Gasteiger partial charge in [-0.25, -0.2) is 0 Å². The summed E-state index contributed by atoms with van der Waals surface area (Å²) in [4.78, 5) is 11.6. The average molecular weight is 349 g/mol. The summed E-state index contributed by atoms with van der Waals surface area (Å²) in [6.45, 7) is 12.6. The van der Waals surface area contributed by atoms with Gasteiger partial charge in [0.05, 0.1) is 4.83 Å². The number of carbonyl (C=O) groups excluding carboxylic acids is 1. The molecule has 0 rings (SSSR count). The molecule has 0 unspecified atom stereocenters. The van der Waals surface area contributed by atoms with Crippen LogP contribution in [0.4, 0.5) is 0 Å². The Labute approximate surface area is 128 Å². The molecule has 112 valence electrons. The number of rotatable bonds is 9. The van der Waals surface area contributed by atoms with Gasteiger partial charge >= 0.3 is 0 Å². The van der Waals surface area contributed by atoms with Crippen LogP contribution in [-0.2, 0) is 9.22 Å². The third-order valence-corrected chi connectivity index (χ3v) is 9.98. The van der Waals surface area contributed by atoms with Gasteiger partial charge in [-0.3, -0.25) is 0 Å². The molecule has 0 aliphatic heterocycles. The van der Waals surface area contributed by atoms with Crippen molar-refractivity contribution in [1.82, 2.24) is 0 Å². The van der Waals surface area contributed by atoms with Gasteiger partial charge in [-0.2, -0.15) is 0 Å². The third kappa shape index (κ3) is 5.52. The lowest BCUT2D eigenvalue weighted by Gasteiger charge is -2.39. The molecule has 19 heavy (non-hydrogen) atoms. The van der Waals surface area contributed by atoms with E-state index in [9.17, 15) is 4.79 Å². The minimum Gasteiger partial charge on any atom is -0.404 e. The van der Waals surface area contributed by atoms with Crippen LogP contribution >= 0.6 is 15.9 Å². The van der Waals surface area contributed by atoms with Crippen LogP contribution < -0.4 is 0 Å². The molecule has 0 aliphatic rings. The van der Waals surface area contributed by atoms with Crippen molar-refractivity contribution in [1.29, 1.82) is 0 Å². The first kappa shape index (κ1) is 19.1. The van der Waals surface area contributed by atoms with E-state index in [1.165, 1.54) is 5.57 Å². The molecule has 0 aliphatic carbocycles. The molecule has 2 atom stereocenters. The Hall–Kier alpha value is 0.0669. The lowest BCUT2D eigenvalue weighted by Crippen LogP contribution is -2.51. The Bertz CT molecular complexity index is 301. The van der Waals surface area contributed by atoms with E-state index in [0.29, 0.717) is 0 Å². The van der Waals surface area contributed by atoms with Crippen molar-refractivity contribution >= 4 is 30.5 Å². The lowest BCUT2D eigenvalue weighted by atomic mass is 10.0. The second-order valence-electron chi connectivity index (χ2n) is 5.63. The van der Waals surface area contributed by atoms with Gasteiger partial charge < -0.3 is 9.22 Å². The van der Waals surface area contributed by atoms with Crippen LogP contribution in [0, 0.1) is 0 Å². The number of hydrogen-bond donors (Lipinski definition) is 0. The molecule has 0 fully saturated rings. The highest BCUT2D eigenvalue weighted by Crippen LogP contribution is 2.32. The topological polar surface area (TPSA) is 26.3 Å². The van der Waals surface area contributed by atoms with Crippen LogP contribution in [0.5, 0.6) is 0 Å². The highest BCUT2D eigenvalue weighted by atomic mass is 79.9. The summed E-state index contributed by atoms with van der Waals surface area (Å²) in [5.74, 6) is 0. The Balaban J connectivity index is 5.04. The summed E-state index contributed by atoms with van der Waals surface area (Å²) in [5, 5.41) is 0. The first-order valence-electron chi connectivity index (χ1n) is 7.23. The number of halogens is 1. The first-order valence-corrected chi connectivity index (χ1v) is 10.7. The van der Waals surface area contributed by atoms with Crippen LogP contribution in [0.25, 0.3) is 0 Å². The number of alkyl halides is 1. The maximum Gasteiger partial charge on any atom is 0.193 e. The molecule has 0 aromatic carbocycles. The van der Waals surface area contributed by atoms with E-state index in [2.05, 4.69) is 56.6 Å². The van der Waals surface area contributed by atoms with Crippen molar-refractivity contribution in [3.63, 3.8) is 0 Å². The zero-order chi connectivity index (χ0) is 15.1. The molecule has 0 saturated heterocycles. The van der Waals surface area contributed by atoms with Gasteiger partial charge in [-0.15, -0.1) is 0 Å². The van der Waals surface area contributed by atoms with Gasteiger partial charge in [0.1, 0.15) is 5.60 Å². The number of hydrogen-bond acceptors (Lipinski definition) is 2. The summed E-state index contributed by atoms with van der Waals surface area (Å²) in [5.41, 5.74) is 0.544. The van der Waals surface area contributed by atoms with Crippen LogP contribution in [0.1, 0.15) is 48.0 Å². The molecule has 0 amide bonds. The van der Waals surface area contributed by atoms with Gasteiger partial charge in [0.15, 0.2) is 14.6 Å². The fourth-order valence-electron chi connectivity index (χ4n) is 2.17. The SMILES string of the molecule is CC[Si](CC)(CC)O[C@](C)(C=O)[C@@H](Br)CC=C(C)C. The quantitative estimate of drug-likeness (QED) is 0.251. The molecule has 0 saturated carbocycles. The molecule has 0 aromatic heterocycles. The molecule has 0 aromatic rings. The molecule has 4 heteroatoms. The number of aldehydes is 1. The predicted molar refractivity (Wildman–Crippen MR) is 89.5 cm³/mol. The maximum absolute atomic E-state index is 11.6. The van der Waals surface area contributed by atoms with Gasteiger partial charge in [-0.1, -0.05) is 48.4 Å². The van der Waals surface area contributed by atoms with Crippen LogP contribution in [-0.4, -0.2) is 25.0 Å². The fourth-order valence-corrected chi connectivity index (χ4v) is 5.79. The second-order valence-corrected chi connectivity index (χ2v) is 11.4. The van der Waals surface area contributed by atoms with E-state index in [4.69, 9.17) is 4.43 Å². The monoisotopic (exact) mass is 348 g/mol. The maximum atomic E-state index is 11.6. The minimum atomic E-state index is -1.77. The Morgan fingerprint density at radius 3 is 2.05 bits per heavy atom. The lowest BCUT2D eigenvalue weighted by molar-refractivity contribution is -0.120. The zero-order valence-electron chi connectivity index (χ0n) is 13.3. The van der Waals surface area contributed by atoms with Crippen LogP contribution in [0.15, 0.2) is 11.6 Å². The molecular weight excluding hydrogens is 320 g/mol. The van der Waals surface area contributed by atoms with E-state index in [1.807, 2.05) is 6.92 Å². The van der Waals surface area contributed by atoms with Gasteiger partial charge in [-0.05, 0) is 45.3 Å². The van der Waals surface area contributed by atoms with Crippen molar-refractivity contribution in [2.24, 2.45) is 0 Å². The van der Waals surface area contributed by atoms with E-state index >= 15 is 0 Å². The van der Waals surface area contributed by atoms with E-state index < -0.39 is 13.9 Å². The Morgan fingerprint density at radius 2 is 1.74 bits per heavy atom. The highest BCUT2D eigenvalue weighted by Gasteiger charge is 2.41. The fraction of sp³-hybridized carbons (Fsp3) is 0.800. The van der Waals surface area contributed by atoms with Gasteiger partial charge in [0, 0.05) is 0 Å². The average Bonchev–Trinajstić information content (AvgIpc) is 2.42. The summed E-state index contributed by atoms with van der Waals surface area (Å²) in [6, 6.07) is 3.18. The van der Waals surface area contributed by atoms with Crippen molar-refractivity contribution < 1.29 is 9.22 Å². The molecular formula is C15H29BrO2Si. The zero-order valence-corrected chi connectivity index (χ0v) is 15.8. The predicted octanol–water partition coefficient (Wildman–Crippen LogP) is 5.09.